The number of aromatic nitrogens is 2. The number of ether oxygens (including phenoxy) is 1. The summed E-state index contributed by atoms with van der Waals surface area (Å²) in [4.78, 5) is 10.4. The van der Waals surface area contributed by atoms with Crippen LogP contribution < -0.4 is 9.64 Å². The van der Waals surface area contributed by atoms with Crippen molar-refractivity contribution >= 4 is 5.82 Å². The maximum atomic E-state index is 5.70. The van der Waals surface area contributed by atoms with Crippen LogP contribution in [0.15, 0.2) is 42.9 Å². The molecular weight excluding hydrogens is 238 g/mol. The lowest BCUT2D eigenvalue weighted by Crippen LogP contribution is -2.17. The third-order valence-corrected chi connectivity index (χ3v) is 2.63. The minimum atomic E-state index is 0.188. The van der Waals surface area contributed by atoms with E-state index in [2.05, 4.69) is 27.0 Å². The van der Waals surface area contributed by atoms with Gasteiger partial charge in [-0.05, 0) is 31.5 Å². The largest absolute Gasteiger partial charge is 0.491 e. The zero-order chi connectivity index (χ0) is 13.7. The Bertz CT molecular complexity index is 514. The fourth-order valence-corrected chi connectivity index (χ4v) is 1.83. The fourth-order valence-electron chi connectivity index (χ4n) is 1.83. The predicted molar refractivity (Wildman–Crippen MR) is 76.3 cm³/mol. The average molecular weight is 257 g/mol. The zero-order valence-corrected chi connectivity index (χ0v) is 11.6. The Labute approximate surface area is 114 Å². The molecule has 0 radical (unpaired) electrons. The van der Waals surface area contributed by atoms with Gasteiger partial charge in [0.15, 0.2) is 0 Å². The monoisotopic (exact) mass is 257 g/mol. The minimum absolute atomic E-state index is 0.188. The van der Waals surface area contributed by atoms with Gasteiger partial charge in [0.25, 0.3) is 0 Å². The van der Waals surface area contributed by atoms with Gasteiger partial charge in [0.1, 0.15) is 11.6 Å². The Morgan fingerprint density at radius 3 is 2.79 bits per heavy atom. The van der Waals surface area contributed by atoms with Gasteiger partial charge in [0, 0.05) is 26.0 Å². The van der Waals surface area contributed by atoms with Crippen LogP contribution in [0.4, 0.5) is 5.82 Å². The molecule has 1 aromatic heterocycles. The van der Waals surface area contributed by atoms with Gasteiger partial charge < -0.3 is 9.64 Å². The molecule has 2 aromatic rings. The van der Waals surface area contributed by atoms with Crippen LogP contribution in [0.5, 0.6) is 5.75 Å². The summed E-state index contributed by atoms with van der Waals surface area (Å²) in [5.41, 5.74) is 1.19. The van der Waals surface area contributed by atoms with Crippen molar-refractivity contribution in [3.63, 3.8) is 0 Å². The average Bonchev–Trinajstić information content (AvgIpc) is 2.39. The molecule has 0 saturated heterocycles. The Hall–Kier alpha value is -2.10. The second-order valence-corrected chi connectivity index (χ2v) is 4.73. The van der Waals surface area contributed by atoms with E-state index in [4.69, 9.17) is 4.74 Å². The topological polar surface area (TPSA) is 38.2 Å². The van der Waals surface area contributed by atoms with E-state index in [1.54, 1.807) is 18.6 Å². The number of rotatable bonds is 5. The van der Waals surface area contributed by atoms with Crippen LogP contribution in [0.2, 0.25) is 0 Å². The number of benzene rings is 1. The number of nitrogens with zero attached hydrogens (tertiary/aromatic N) is 3. The van der Waals surface area contributed by atoms with E-state index in [9.17, 15) is 0 Å². The Morgan fingerprint density at radius 2 is 2.11 bits per heavy atom. The van der Waals surface area contributed by atoms with Gasteiger partial charge in [-0.3, -0.25) is 4.98 Å². The lowest BCUT2D eigenvalue weighted by Gasteiger charge is -2.18. The molecule has 0 unspecified atom stereocenters. The molecule has 2 rings (SSSR count). The normalized spacial score (nSPS) is 10.5. The van der Waals surface area contributed by atoms with Crippen LogP contribution in [0.25, 0.3) is 0 Å². The van der Waals surface area contributed by atoms with Crippen molar-refractivity contribution in [2.75, 3.05) is 11.9 Å². The molecule has 100 valence electrons. The van der Waals surface area contributed by atoms with Crippen molar-refractivity contribution in [3.05, 3.63) is 48.4 Å². The summed E-state index contributed by atoms with van der Waals surface area (Å²) >= 11 is 0. The first-order valence-electron chi connectivity index (χ1n) is 6.38. The molecule has 0 fully saturated rings. The number of hydrogen-bond donors (Lipinski definition) is 0. The van der Waals surface area contributed by atoms with Crippen molar-refractivity contribution in [1.29, 1.82) is 0 Å². The predicted octanol–water partition coefficient (Wildman–Crippen LogP) is 2.90. The van der Waals surface area contributed by atoms with E-state index < -0.39 is 0 Å². The maximum Gasteiger partial charge on any atom is 0.147 e. The first-order valence-corrected chi connectivity index (χ1v) is 6.38. The lowest BCUT2D eigenvalue weighted by atomic mass is 10.2. The van der Waals surface area contributed by atoms with Gasteiger partial charge in [0.05, 0.1) is 12.3 Å². The van der Waals surface area contributed by atoms with E-state index in [0.29, 0.717) is 0 Å². The highest BCUT2D eigenvalue weighted by Gasteiger charge is 2.05. The van der Waals surface area contributed by atoms with Crippen LogP contribution in [0, 0.1) is 0 Å². The highest BCUT2D eigenvalue weighted by molar-refractivity contribution is 5.37. The van der Waals surface area contributed by atoms with E-state index >= 15 is 0 Å². The lowest BCUT2D eigenvalue weighted by molar-refractivity contribution is 0.242. The molecule has 4 nitrogen and oxygen atoms in total. The molecule has 4 heteroatoms. The van der Waals surface area contributed by atoms with Gasteiger partial charge in [-0.2, -0.15) is 0 Å². The number of hydrogen-bond acceptors (Lipinski definition) is 4. The second kappa shape index (κ2) is 6.18. The molecule has 0 N–H and O–H groups in total. The highest BCUT2D eigenvalue weighted by Crippen LogP contribution is 2.17. The first-order chi connectivity index (χ1) is 9.15. The summed E-state index contributed by atoms with van der Waals surface area (Å²) in [6.07, 6.45) is 5.32. The molecule has 0 atom stereocenters. The van der Waals surface area contributed by atoms with Crippen molar-refractivity contribution < 1.29 is 4.74 Å². The smallest absolute Gasteiger partial charge is 0.147 e. The highest BCUT2D eigenvalue weighted by atomic mass is 16.5. The minimum Gasteiger partial charge on any atom is -0.491 e. The molecule has 0 bridgehead atoms. The molecule has 1 heterocycles. The summed E-state index contributed by atoms with van der Waals surface area (Å²) < 4.78 is 5.70. The number of anilines is 1. The van der Waals surface area contributed by atoms with E-state index in [1.807, 2.05) is 33.0 Å². The molecule has 0 amide bonds. The van der Waals surface area contributed by atoms with Gasteiger partial charge >= 0.3 is 0 Å². The molecule has 0 aliphatic heterocycles. The Balaban J connectivity index is 2.06. The molecule has 0 saturated carbocycles. The molecule has 0 aliphatic carbocycles. The summed E-state index contributed by atoms with van der Waals surface area (Å²) in [6.45, 7) is 4.82. The van der Waals surface area contributed by atoms with Gasteiger partial charge in [-0.25, -0.2) is 4.98 Å². The van der Waals surface area contributed by atoms with Crippen molar-refractivity contribution in [2.45, 2.75) is 26.5 Å². The summed E-state index contributed by atoms with van der Waals surface area (Å²) in [5.74, 6) is 1.76. The summed E-state index contributed by atoms with van der Waals surface area (Å²) in [5, 5.41) is 0. The quantitative estimate of drug-likeness (QED) is 0.825. The third kappa shape index (κ3) is 3.95. The molecule has 19 heavy (non-hydrogen) atoms. The van der Waals surface area contributed by atoms with Crippen molar-refractivity contribution in [3.8, 4) is 5.75 Å². The van der Waals surface area contributed by atoms with Crippen molar-refractivity contribution in [2.24, 2.45) is 0 Å². The van der Waals surface area contributed by atoms with Gasteiger partial charge in [0.2, 0.25) is 0 Å². The molecule has 0 aliphatic rings. The van der Waals surface area contributed by atoms with Gasteiger partial charge in [-0.1, -0.05) is 12.1 Å². The van der Waals surface area contributed by atoms with Crippen LogP contribution in [-0.2, 0) is 6.54 Å². The molecule has 1 aromatic carbocycles. The van der Waals surface area contributed by atoms with E-state index in [0.717, 1.165) is 18.1 Å². The van der Waals surface area contributed by atoms with E-state index in [-0.39, 0.29) is 6.10 Å². The first kappa shape index (κ1) is 13.3. The standard InChI is InChI=1S/C15H19N3O/c1-12(2)19-14-6-4-5-13(9-14)11-18(3)15-10-16-7-8-17-15/h4-10,12H,11H2,1-3H3. The van der Waals surface area contributed by atoms with Crippen LogP contribution >= 0.6 is 0 Å². The third-order valence-electron chi connectivity index (χ3n) is 2.63. The van der Waals surface area contributed by atoms with E-state index in [1.165, 1.54) is 5.56 Å². The Kier molecular flexibility index (Phi) is 4.34. The fraction of sp³-hybridized carbons (Fsp3) is 0.333. The SMILES string of the molecule is CC(C)Oc1cccc(CN(C)c2cnccn2)c1. The second-order valence-electron chi connectivity index (χ2n) is 4.73. The zero-order valence-electron chi connectivity index (χ0n) is 11.6. The maximum absolute atomic E-state index is 5.70. The Morgan fingerprint density at radius 1 is 1.26 bits per heavy atom. The van der Waals surface area contributed by atoms with Gasteiger partial charge in [-0.15, -0.1) is 0 Å². The molecule has 0 spiro atoms. The molecular formula is C15H19N3O. The van der Waals surface area contributed by atoms with Crippen molar-refractivity contribution in [1.82, 2.24) is 9.97 Å². The summed E-state index contributed by atoms with van der Waals surface area (Å²) in [6, 6.07) is 8.14. The van der Waals surface area contributed by atoms with Crippen LogP contribution in [-0.4, -0.2) is 23.1 Å². The summed E-state index contributed by atoms with van der Waals surface area (Å²) in [7, 11) is 2.00. The van der Waals surface area contributed by atoms with Crippen LogP contribution in [0.3, 0.4) is 0 Å². The van der Waals surface area contributed by atoms with Crippen LogP contribution in [0.1, 0.15) is 19.4 Å².